The summed E-state index contributed by atoms with van der Waals surface area (Å²) in [4.78, 5) is 37.4. The number of aromatic hydroxyl groups is 1. The Bertz CT molecular complexity index is 1780. The summed E-state index contributed by atoms with van der Waals surface area (Å²) in [6, 6.07) is 30.9. The Kier molecular flexibility index (Phi) is 14.8. The smallest absolute Gasteiger partial charge is 0.490 e. The van der Waals surface area contributed by atoms with Gasteiger partial charge in [0, 0.05) is 29.7 Å². The van der Waals surface area contributed by atoms with E-state index in [1.807, 2.05) is 83.8 Å². The average molecular weight is 783 g/mol. The van der Waals surface area contributed by atoms with Gasteiger partial charge in [-0.3, -0.25) is 9.59 Å². The van der Waals surface area contributed by atoms with Crippen LogP contribution in [0.5, 0.6) is 5.75 Å². The van der Waals surface area contributed by atoms with Crippen LogP contribution in [0, 0.1) is 11.8 Å². The Morgan fingerprint density at radius 3 is 2.00 bits per heavy atom. The largest absolute Gasteiger partial charge is 0.508 e. The molecule has 0 radical (unpaired) electrons. The second kappa shape index (κ2) is 19.2. The lowest BCUT2D eigenvalue weighted by Crippen LogP contribution is -2.33. The molecular formula is C40H43BrF3N3O5. The zero-order valence-electron chi connectivity index (χ0n) is 28.6. The van der Waals surface area contributed by atoms with Gasteiger partial charge < -0.3 is 26.2 Å². The Hall–Kier alpha value is -4.68. The number of nitrogens with one attached hydrogen (secondary N) is 1. The van der Waals surface area contributed by atoms with Crippen molar-refractivity contribution in [2.45, 2.75) is 51.2 Å². The number of hydrogen-bond acceptors (Lipinski definition) is 5. The number of benzene rings is 4. The number of hydrogen-bond donors (Lipinski definition) is 4. The number of carbonyl (C=O) groups is 3. The molecule has 4 aromatic carbocycles. The van der Waals surface area contributed by atoms with Crippen molar-refractivity contribution in [3.8, 4) is 16.9 Å². The van der Waals surface area contributed by atoms with Crippen LogP contribution in [0.4, 0.5) is 13.2 Å². The molecule has 5 rings (SSSR count). The number of alkyl halides is 3. The molecule has 2 amide bonds. The number of carboxylic acids is 1. The van der Waals surface area contributed by atoms with E-state index in [-0.39, 0.29) is 17.6 Å². The van der Waals surface area contributed by atoms with E-state index in [9.17, 15) is 27.9 Å². The van der Waals surface area contributed by atoms with Gasteiger partial charge in [-0.05, 0) is 121 Å². The van der Waals surface area contributed by atoms with Crippen molar-refractivity contribution in [1.82, 2.24) is 10.2 Å². The van der Waals surface area contributed by atoms with Gasteiger partial charge in [0.2, 0.25) is 5.91 Å². The lowest BCUT2D eigenvalue weighted by molar-refractivity contribution is -0.192. The van der Waals surface area contributed by atoms with Gasteiger partial charge in [-0.2, -0.15) is 13.2 Å². The van der Waals surface area contributed by atoms with Crippen molar-refractivity contribution in [2.75, 3.05) is 19.6 Å². The topological polar surface area (TPSA) is 133 Å². The molecular weight excluding hydrogens is 739 g/mol. The zero-order valence-corrected chi connectivity index (χ0v) is 30.2. The first kappa shape index (κ1) is 40.1. The van der Waals surface area contributed by atoms with Gasteiger partial charge in [0.25, 0.3) is 5.91 Å². The first-order valence-corrected chi connectivity index (χ1v) is 17.9. The van der Waals surface area contributed by atoms with E-state index >= 15 is 0 Å². The molecule has 1 saturated carbocycles. The van der Waals surface area contributed by atoms with E-state index in [2.05, 4.69) is 27.3 Å². The molecule has 0 aliphatic heterocycles. The summed E-state index contributed by atoms with van der Waals surface area (Å²) in [5.74, 6) is -1.39. The molecule has 1 aliphatic carbocycles. The van der Waals surface area contributed by atoms with Crippen LogP contribution < -0.4 is 11.1 Å². The molecule has 0 unspecified atom stereocenters. The number of carbonyl (C=O) groups excluding carboxylic acids is 2. The highest BCUT2D eigenvalue weighted by molar-refractivity contribution is 9.10. The van der Waals surface area contributed by atoms with E-state index in [1.54, 1.807) is 12.1 Å². The molecule has 52 heavy (non-hydrogen) atoms. The molecule has 0 atom stereocenters. The third-order valence-electron chi connectivity index (χ3n) is 9.08. The monoisotopic (exact) mass is 781 g/mol. The molecule has 12 heteroatoms. The predicted octanol–water partition coefficient (Wildman–Crippen LogP) is 7.76. The standard InChI is InChI=1S/C38H42BrN3O3.C2HF3O2/c39-35-15-11-28(12-16-35)22-37(44)42(20-19-27-13-17-36(43)18-14-27)26-31-3-1-4-32(21-31)33-5-2-6-34(23-33)38(45)41-25-30-9-7-29(24-40)8-10-30;3-2(4,5)1(6)7/h1-6,11-18,21,23,29-30,43H,7-10,19-20,22,24-26,40H2,(H,41,45);(H,6,7). The third-order valence-corrected chi connectivity index (χ3v) is 9.61. The highest BCUT2D eigenvalue weighted by Gasteiger charge is 2.38. The molecule has 276 valence electrons. The molecule has 0 spiro atoms. The van der Waals surface area contributed by atoms with Crippen molar-refractivity contribution >= 4 is 33.7 Å². The zero-order chi connectivity index (χ0) is 37.7. The summed E-state index contributed by atoms with van der Waals surface area (Å²) in [6.45, 7) is 2.47. The summed E-state index contributed by atoms with van der Waals surface area (Å²) < 4.78 is 32.7. The molecule has 1 fully saturated rings. The third kappa shape index (κ3) is 12.8. The Balaban J connectivity index is 0.000000785. The number of rotatable bonds is 12. The van der Waals surface area contributed by atoms with Crippen LogP contribution in [-0.4, -0.2) is 58.7 Å². The van der Waals surface area contributed by atoms with E-state index in [4.69, 9.17) is 15.6 Å². The number of halogens is 4. The minimum absolute atomic E-state index is 0.0482. The van der Waals surface area contributed by atoms with Gasteiger partial charge in [-0.1, -0.05) is 70.5 Å². The summed E-state index contributed by atoms with van der Waals surface area (Å²) in [5.41, 5.74) is 11.5. The second-order valence-electron chi connectivity index (χ2n) is 13.0. The fourth-order valence-corrected chi connectivity index (χ4v) is 6.29. The average Bonchev–Trinajstić information content (AvgIpc) is 3.14. The lowest BCUT2D eigenvalue weighted by atomic mass is 9.82. The van der Waals surface area contributed by atoms with Crippen LogP contribution in [-0.2, 0) is 29.0 Å². The summed E-state index contributed by atoms with van der Waals surface area (Å²) in [5, 5.41) is 19.9. The van der Waals surface area contributed by atoms with E-state index in [1.165, 1.54) is 0 Å². The predicted molar refractivity (Wildman–Crippen MR) is 197 cm³/mol. The number of nitrogens with zero attached hydrogens (tertiary/aromatic N) is 1. The van der Waals surface area contributed by atoms with Crippen molar-refractivity contribution in [3.05, 3.63) is 124 Å². The molecule has 0 aromatic heterocycles. The van der Waals surface area contributed by atoms with E-state index < -0.39 is 12.1 Å². The SMILES string of the molecule is NCC1CCC(CNC(=O)c2cccc(-c3cccc(CN(CCc4ccc(O)cc4)C(=O)Cc4ccc(Br)cc4)c3)c2)CC1.O=C(O)C(F)(F)F. The van der Waals surface area contributed by atoms with Crippen LogP contribution in [0.3, 0.4) is 0 Å². The van der Waals surface area contributed by atoms with Gasteiger partial charge in [0.05, 0.1) is 6.42 Å². The molecule has 0 bridgehead atoms. The van der Waals surface area contributed by atoms with Crippen LogP contribution in [0.15, 0.2) is 102 Å². The van der Waals surface area contributed by atoms with Crippen LogP contribution >= 0.6 is 15.9 Å². The molecule has 5 N–H and O–H groups in total. The fourth-order valence-electron chi connectivity index (χ4n) is 6.03. The Morgan fingerprint density at radius 2 is 1.38 bits per heavy atom. The van der Waals surface area contributed by atoms with Gasteiger partial charge in [0.15, 0.2) is 0 Å². The summed E-state index contributed by atoms with van der Waals surface area (Å²) in [6.07, 6.45) is 0.435. The summed E-state index contributed by atoms with van der Waals surface area (Å²) >= 11 is 3.47. The number of phenolic OH excluding ortho intramolecular Hbond substituents is 1. The maximum atomic E-state index is 13.6. The van der Waals surface area contributed by atoms with Crippen molar-refractivity contribution in [2.24, 2.45) is 17.6 Å². The first-order valence-electron chi connectivity index (χ1n) is 17.1. The van der Waals surface area contributed by atoms with Crippen molar-refractivity contribution < 1.29 is 37.8 Å². The highest BCUT2D eigenvalue weighted by atomic mass is 79.9. The highest BCUT2D eigenvalue weighted by Crippen LogP contribution is 2.28. The maximum absolute atomic E-state index is 13.6. The fraction of sp³-hybridized carbons (Fsp3) is 0.325. The van der Waals surface area contributed by atoms with Gasteiger partial charge >= 0.3 is 12.1 Å². The number of phenols is 1. The Morgan fingerprint density at radius 1 is 0.808 bits per heavy atom. The first-order chi connectivity index (χ1) is 24.8. The van der Waals surface area contributed by atoms with Crippen molar-refractivity contribution in [3.63, 3.8) is 0 Å². The normalized spacial score (nSPS) is 15.6. The Labute approximate surface area is 310 Å². The number of amides is 2. The molecule has 8 nitrogen and oxygen atoms in total. The molecule has 1 aliphatic rings. The van der Waals surface area contributed by atoms with E-state index in [0.717, 1.165) is 64.5 Å². The van der Waals surface area contributed by atoms with Gasteiger partial charge in [-0.25, -0.2) is 4.79 Å². The maximum Gasteiger partial charge on any atom is 0.490 e. The van der Waals surface area contributed by atoms with E-state index in [0.29, 0.717) is 49.9 Å². The van der Waals surface area contributed by atoms with Crippen LogP contribution in [0.1, 0.15) is 52.7 Å². The van der Waals surface area contributed by atoms with Crippen molar-refractivity contribution in [1.29, 1.82) is 0 Å². The number of aliphatic carboxylic acids is 1. The van der Waals surface area contributed by atoms with Gasteiger partial charge in [0.1, 0.15) is 5.75 Å². The minimum Gasteiger partial charge on any atom is -0.508 e. The van der Waals surface area contributed by atoms with Crippen LogP contribution in [0.2, 0.25) is 0 Å². The lowest BCUT2D eigenvalue weighted by Gasteiger charge is -2.27. The summed E-state index contributed by atoms with van der Waals surface area (Å²) in [7, 11) is 0. The molecule has 4 aromatic rings. The number of carboxylic acid groups (broad SMARTS) is 1. The quantitative estimate of drug-likeness (QED) is 0.116. The van der Waals surface area contributed by atoms with Gasteiger partial charge in [-0.15, -0.1) is 0 Å². The number of nitrogens with two attached hydrogens (primary N) is 1. The minimum atomic E-state index is -5.08. The van der Waals surface area contributed by atoms with Crippen LogP contribution in [0.25, 0.3) is 11.1 Å². The second-order valence-corrected chi connectivity index (χ2v) is 13.9. The molecule has 0 heterocycles. The molecule has 0 saturated heterocycles.